The minimum absolute atomic E-state index is 0. The summed E-state index contributed by atoms with van der Waals surface area (Å²) >= 11 is 0. The Morgan fingerprint density at radius 2 is 1.40 bits per heavy atom. The molecule has 0 unspecified atom stereocenters. The topological polar surface area (TPSA) is 136 Å². The van der Waals surface area contributed by atoms with Gasteiger partial charge in [0, 0.05) is 6.61 Å². The minimum Gasteiger partial charge on any atom is -0.493 e. The molecule has 0 spiro atoms. The number of azo groups is 1. The first-order valence-corrected chi connectivity index (χ1v) is 13.0. The summed E-state index contributed by atoms with van der Waals surface area (Å²) in [6.07, 6.45) is 0. The van der Waals surface area contributed by atoms with Crippen molar-refractivity contribution < 1.29 is 36.5 Å². The van der Waals surface area contributed by atoms with Crippen LogP contribution >= 0.6 is 0 Å². The third-order valence-corrected chi connectivity index (χ3v) is 6.64. The molecule has 1 aromatic heterocycles. The van der Waals surface area contributed by atoms with Gasteiger partial charge in [-0.3, -0.25) is 28.4 Å². The number of nitrogens with zero attached hydrogens (tertiary/aromatic N) is 5. The van der Waals surface area contributed by atoms with Crippen molar-refractivity contribution >= 4 is 23.2 Å². The maximum atomic E-state index is 13.3. The number of carbonyl (C=O) groups is 2. The molecule has 1 N–H and O–H groups in total. The second-order valence-electron chi connectivity index (χ2n) is 9.26. The Balaban J connectivity index is 0.00000405. The molecule has 4 aromatic rings. The van der Waals surface area contributed by atoms with Gasteiger partial charge in [0.25, 0.3) is 17.4 Å². The van der Waals surface area contributed by atoms with Crippen LogP contribution in [0.5, 0.6) is 5.88 Å². The number of benzene rings is 3. The molecule has 0 aliphatic carbocycles. The summed E-state index contributed by atoms with van der Waals surface area (Å²) in [4.78, 5) is 54.0. The standard InChI is InChI=1S/C30H27N5O6.Cu/c1-2-41-17-16-33-28(38)25(29(39)35(30(33)40)19-21-12-7-4-8-13-21)32-31-23-15-9-14-22-24(23)27(37)34(26(22)36)18-20-10-5-3-6-11-20;/h3-15,39H,2,16-19H2,1H3;/q;+2. The number of aromatic hydroxyl groups is 1. The molecule has 2 amide bonds. The van der Waals surface area contributed by atoms with Crippen LogP contribution in [0.15, 0.2) is 98.7 Å². The molecule has 12 heteroatoms. The Bertz CT molecular complexity index is 1750. The zero-order valence-electron chi connectivity index (χ0n) is 22.6. The Morgan fingerprint density at radius 3 is 2.05 bits per heavy atom. The molecule has 1 aliphatic rings. The normalized spacial score (nSPS) is 12.5. The zero-order chi connectivity index (χ0) is 28.9. The van der Waals surface area contributed by atoms with Gasteiger partial charge in [-0.1, -0.05) is 66.7 Å². The van der Waals surface area contributed by atoms with Gasteiger partial charge in [-0.05, 0) is 30.2 Å². The van der Waals surface area contributed by atoms with E-state index in [9.17, 15) is 24.3 Å². The van der Waals surface area contributed by atoms with Crippen molar-refractivity contribution in [3.63, 3.8) is 0 Å². The summed E-state index contributed by atoms with van der Waals surface area (Å²) in [5.41, 5.74) is -0.311. The maximum Gasteiger partial charge on any atom is 2.00 e. The fraction of sp³-hybridized carbons (Fsp3) is 0.200. The van der Waals surface area contributed by atoms with Gasteiger partial charge in [0.15, 0.2) is 0 Å². The third kappa shape index (κ3) is 6.01. The fourth-order valence-corrected chi connectivity index (χ4v) is 4.58. The van der Waals surface area contributed by atoms with Crippen molar-refractivity contribution in [1.29, 1.82) is 0 Å². The van der Waals surface area contributed by atoms with Gasteiger partial charge in [-0.15, -0.1) is 10.2 Å². The molecule has 0 saturated carbocycles. The third-order valence-electron chi connectivity index (χ3n) is 6.64. The van der Waals surface area contributed by atoms with Gasteiger partial charge in [0.2, 0.25) is 11.6 Å². The number of imide groups is 1. The van der Waals surface area contributed by atoms with E-state index in [0.29, 0.717) is 12.2 Å². The van der Waals surface area contributed by atoms with Crippen molar-refractivity contribution in [2.45, 2.75) is 26.6 Å². The van der Waals surface area contributed by atoms with E-state index in [1.165, 1.54) is 12.1 Å². The fourth-order valence-electron chi connectivity index (χ4n) is 4.58. The molecule has 1 aliphatic heterocycles. The van der Waals surface area contributed by atoms with Crippen LogP contribution in [0.4, 0.5) is 11.4 Å². The number of amides is 2. The number of hydrogen-bond acceptors (Lipinski definition) is 8. The van der Waals surface area contributed by atoms with Gasteiger partial charge < -0.3 is 9.84 Å². The van der Waals surface area contributed by atoms with Crippen LogP contribution in [0.2, 0.25) is 0 Å². The van der Waals surface area contributed by atoms with E-state index in [-0.39, 0.29) is 60.1 Å². The van der Waals surface area contributed by atoms with Crippen LogP contribution in [0.3, 0.4) is 0 Å². The average Bonchev–Trinajstić information content (AvgIpc) is 3.23. The van der Waals surface area contributed by atoms with E-state index in [1.807, 2.05) is 36.4 Å². The molecule has 1 radical (unpaired) electrons. The van der Waals surface area contributed by atoms with Crippen LogP contribution in [-0.4, -0.2) is 44.2 Å². The Labute approximate surface area is 251 Å². The number of aromatic nitrogens is 2. The molecular weight excluding hydrogens is 590 g/mol. The van der Waals surface area contributed by atoms with E-state index in [0.717, 1.165) is 19.6 Å². The van der Waals surface area contributed by atoms with Gasteiger partial charge in [-0.25, -0.2) is 4.79 Å². The minimum atomic E-state index is -0.860. The van der Waals surface area contributed by atoms with Gasteiger partial charge in [0.05, 0.1) is 43.1 Å². The van der Waals surface area contributed by atoms with Gasteiger partial charge in [0.1, 0.15) is 0 Å². The molecule has 0 saturated heterocycles. The predicted octanol–water partition coefficient (Wildman–Crippen LogP) is 4.01. The maximum absolute atomic E-state index is 13.3. The quantitative estimate of drug-likeness (QED) is 0.124. The summed E-state index contributed by atoms with van der Waals surface area (Å²) in [6.45, 7) is 2.28. The molecule has 0 fully saturated rings. The number of carbonyl (C=O) groups excluding carboxylic acids is 2. The van der Waals surface area contributed by atoms with Gasteiger partial charge in [-0.2, -0.15) is 0 Å². The Morgan fingerprint density at radius 1 is 0.762 bits per heavy atom. The number of rotatable bonds is 10. The smallest absolute Gasteiger partial charge is 0.493 e. The summed E-state index contributed by atoms with van der Waals surface area (Å²) < 4.78 is 7.29. The molecule has 0 atom stereocenters. The van der Waals surface area contributed by atoms with Crippen LogP contribution in [0.25, 0.3) is 0 Å². The van der Waals surface area contributed by atoms with E-state index in [2.05, 4.69) is 10.2 Å². The van der Waals surface area contributed by atoms with Crippen LogP contribution < -0.4 is 11.2 Å². The van der Waals surface area contributed by atoms with Crippen LogP contribution in [0.1, 0.15) is 38.8 Å². The summed E-state index contributed by atoms with van der Waals surface area (Å²) in [5, 5.41) is 19.1. The second kappa shape index (κ2) is 13.3. The molecule has 217 valence electrons. The summed E-state index contributed by atoms with van der Waals surface area (Å²) in [6, 6.07) is 22.6. The van der Waals surface area contributed by atoms with Crippen LogP contribution in [0, 0.1) is 0 Å². The average molecular weight is 617 g/mol. The molecule has 5 rings (SSSR count). The number of ether oxygens (including phenoxy) is 1. The van der Waals surface area contributed by atoms with Crippen LogP contribution in [-0.2, 0) is 41.4 Å². The van der Waals surface area contributed by atoms with E-state index < -0.39 is 34.6 Å². The molecule has 2 heterocycles. The van der Waals surface area contributed by atoms with Crippen molar-refractivity contribution in [1.82, 2.24) is 14.0 Å². The van der Waals surface area contributed by atoms with Crippen molar-refractivity contribution in [2.24, 2.45) is 10.2 Å². The molecular formula is C30H27CuN5O6+2. The second-order valence-corrected chi connectivity index (χ2v) is 9.26. The van der Waals surface area contributed by atoms with E-state index >= 15 is 0 Å². The van der Waals surface area contributed by atoms with Gasteiger partial charge >= 0.3 is 22.8 Å². The van der Waals surface area contributed by atoms with Crippen molar-refractivity contribution in [2.75, 3.05) is 13.2 Å². The van der Waals surface area contributed by atoms with E-state index in [1.54, 1.807) is 37.3 Å². The monoisotopic (exact) mass is 616 g/mol. The SMILES string of the molecule is CCOCCn1c(=O)c(N=Nc2cccc3c2C(=O)N(Cc2ccccc2)C3=O)c(O)n(Cc2ccccc2)c1=O.[Cu+2]. The number of hydrogen-bond donors (Lipinski definition) is 1. The first-order valence-electron chi connectivity index (χ1n) is 13.0. The number of fused-ring (bicyclic) bond motifs is 1. The first-order chi connectivity index (χ1) is 19.9. The largest absolute Gasteiger partial charge is 2.00 e. The molecule has 0 bridgehead atoms. The Kier molecular flexibility index (Phi) is 9.64. The molecule has 11 nitrogen and oxygen atoms in total. The Hall–Kier alpha value is -4.64. The van der Waals surface area contributed by atoms with E-state index in [4.69, 9.17) is 4.74 Å². The zero-order valence-corrected chi connectivity index (χ0v) is 23.5. The summed E-state index contributed by atoms with van der Waals surface area (Å²) in [5.74, 6) is -1.68. The predicted molar refractivity (Wildman–Crippen MR) is 150 cm³/mol. The van der Waals surface area contributed by atoms with Crippen molar-refractivity contribution in [3.05, 3.63) is 122 Å². The molecule has 3 aromatic carbocycles. The van der Waals surface area contributed by atoms with Crippen molar-refractivity contribution in [3.8, 4) is 5.88 Å². The molecule has 42 heavy (non-hydrogen) atoms. The first kappa shape index (κ1) is 30.3. The summed E-state index contributed by atoms with van der Waals surface area (Å²) in [7, 11) is 0.